The maximum Gasteiger partial charge on any atom is 0.212 e. The van der Waals surface area contributed by atoms with E-state index in [-0.39, 0.29) is 18.4 Å². The predicted octanol–water partition coefficient (Wildman–Crippen LogP) is 1.42. The molecule has 1 unspecified atom stereocenters. The van der Waals surface area contributed by atoms with Crippen LogP contribution < -0.4 is 4.72 Å². The summed E-state index contributed by atoms with van der Waals surface area (Å²) in [4.78, 5) is 0. The van der Waals surface area contributed by atoms with Gasteiger partial charge in [0, 0.05) is 11.6 Å². The fourth-order valence-corrected chi connectivity index (χ4v) is 3.02. The fraction of sp³-hybridized carbons (Fsp3) is 0.429. The predicted molar refractivity (Wildman–Crippen MR) is 76.0 cm³/mol. The summed E-state index contributed by atoms with van der Waals surface area (Å²) in [5, 5.41) is 8.65. The summed E-state index contributed by atoms with van der Waals surface area (Å²) >= 11 is 0. The van der Waals surface area contributed by atoms with E-state index >= 15 is 0 Å². The monoisotopic (exact) mass is 281 g/mol. The summed E-state index contributed by atoms with van der Waals surface area (Å²) in [6.45, 7) is 3.43. The van der Waals surface area contributed by atoms with Gasteiger partial charge in [0.1, 0.15) is 6.61 Å². The highest BCUT2D eigenvalue weighted by Gasteiger charge is 2.14. The van der Waals surface area contributed by atoms with Crippen molar-refractivity contribution in [2.45, 2.75) is 26.3 Å². The van der Waals surface area contributed by atoms with Crippen molar-refractivity contribution in [1.29, 1.82) is 0 Å². The van der Waals surface area contributed by atoms with Crippen LogP contribution in [0.4, 0.5) is 0 Å². The van der Waals surface area contributed by atoms with Crippen molar-refractivity contribution in [2.75, 3.05) is 12.4 Å². The van der Waals surface area contributed by atoms with Gasteiger partial charge < -0.3 is 5.11 Å². The molecule has 104 valence electrons. The van der Waals surface area contributed by atoms with Gasteiger partial charge in [-0.05, 0) is 31.0 Å². The van der Waals surface area contributed by atoms with Gasteiger partial charge in [0.05, 0.1) is 5.75 Å². The highest BCUT2D eigenvalue weighted by atomic mass is 32.2. The molecular formula is C14H19NO3S. The summed E-state index contributed by atoms with van der Waals surface area (Å²) < 4.78 is 26.0. The number of aliphatic hydroxyl groups excluding tert-OH is 1. The number of benzene rings is 1. The molecule has 0 radical (unpaired) electrons. The molecule has 0 spiro atoms. The lowest BCUT2D eigenvalue weighted by Gasteiger charge is -2.14. The molecule has 0 bridgehead atoms. The first kappa shape index (κ1) is 15.7. The highest BCUT2D eigenvalue weighted by Crippen LogP contribution is 2.15. The van der Waals surface area contributed by atoms with Gasteiger partial charge in [0.25, 0.3) is 0 Å². The van der Waals surface area contributed by atoms with Gasteiger partial charge in [-0.2, -0.15) is 0 Å². The number of rotatable bonds is 5. The lowest BCUT2D eigenvalue weighted by Crippen LogP contribution is -2.28. The van der Waals surface area contributed by atoms with E-state index in [9.17, 15) is 8.42 Å². The van der Waals surface area contributed by atoms with Crippen LogP contribution in [0.15, 0.2) is 24.3 Å². The Labute approximate surface area is 114 Å². The fourth-order valence-electron chi connectivity index (χ4n) is 1.69. The summed E-state index contributed by atoms with van der Waals surface area (Å²) in [5.41, 5.74) is 1.61. The molecule has 1 aromatic carbocycles. The largest absolute Gasteiger partial charge is 0.384 e. The van der Waals surface area contributed by atoms with Crippen molar-refractivity contribution in [2.24, 2.45) is 0 Å². The Hall–Kier alpha value is -1.35. The zero-order valence-corrected chi connectivity index (χ0v) is 12.0. The second-order valence-corrected chi connectivity index (χ2v) is 6.12. The van der Waals surface area contributed by atoms with Crippen LogP contribution in [0.25, 0.3) is 0 Å². The van der Waals surface area contributed by atoms with Gasteiger partial charge in [-0.1, -0.05) is 30.9 Å². The molecule has 1 rings (SSSR count). The zero-order valence-electron chi connectivity index (χ0n) is 11.2. The minimum absolute atomic E-state index is 0.126. The molecule has 4 nitrogen and oxygen atoms in total. The van der Waals surface area contributed by atoms with Crippen molar-refractivity contribution < 1.29 is 13.5 Å². The molecule has 19 heavy (non-hydrogen) atoms. The number of hydrogen-bond donors (Lipinski definition) is 2. The van der Waals surface area contributed by atoms with Gasteiger partial charge in [0.2, 0.25) is 10.0 Å². The Kier molecular flexibility index (Phi) is 6.03. The van der Waals surface area contributed by atoms with Crippen molar-refractivity contribution in [3.05, 3.63) is 35.4 Å². The normalized spacial score (nSPS) is 12.6. The number of aliphatic hydroxyl groups is 1. The first-order chi connectivity index (χ1) is 8.98. The summed E-state index contributed by atoms with van der Waals surface area (Å²) in [6.07, 6.45) is 0.587. The Morgan fingerprint density at radius 2 is 2.16 bits per heavy atom. The molecule has 0 amide bonds. The van der Waals surface area contributed by atoms with E-state index in [1.165, 1.54) is 0 Å². The molecule has 2 N–H and O–H groups in total. The summed E-state index contributed by atoms with van der Waals surface area (Å²) in [5.74, 6) is 5.49. The minimum Gasteiger partial charge on any atom is -0.384 e. The minimum atomic E-state index is -3.23. The standard InChI is InChI=1S/C14H19NO3S/c1-3-10-19(17,18)15-12(2)14-8-4-6-13(11-14)7-5-9-16/h4,6,8,11-12,15-16H,3,9-10H2,1-2H3. The van der Waals surface area contributed by atoms with E-state index in [1.807, 2.05) is 31.2 Å². The van der Waals surface area contributed by atoms with Gasteiger partial charge in [0.15, 0.2) is 0 Å². The van der Waals surface area contributed by atoms with E-state index in [0.717, 1.165) is 11.1 Å². The molecule has 0 saturated carbocycles. The molecule has 1 aromatic rings. The van der Waals surface area contributed by atoms with Crippen molar-refractivity contribution in [3.63, 3.8) is 0 Å². The van der Waals surface area contributed by atoms with E-state index in [4.69, 9.17) is 5.11 Å². The number of nitrogens with one attached hydrogen (secondary N) is 1. The molecule has 0 aliphatic carbocycles. The first-order valence-corrected chi connectivity index (χ1v) is 7.83. The van der Waals surface area contributed by atoms with Gasteiger partial charge in [-0.3, -0.25) is 0 Å². The molecule has 0 aromatic heterocycles. The molecule has 1 atom stereocenters. The topological polar surface area (TPSA) is 66.4 Å². The molecule has 0 heterocycles. The first-order valence-electron chi connectivity index (χ1n) is 6.18. The summed E-state index contributed by atoms with van der Waals surface area (Å²) in [7, 11) is -3.23. The third-order valence-corrected chi connectivity index (χ3v) is 4.19. The zero-order chi connectivity index (χ0) is 14.3. The van der Waals surface area contributed by atoms with Gasteiger partial charge in [-0.25, -0.2) is 13.1 Å². The average Bonchev–Trinajstić information content (AvgIpc) is 2.36. The second-order valence-electron chi connectivity index (χ2n) is 4.24. The number of hydrogen-bond acceptors (Lipinski definition) is 3. The molecule has 0 aliphatic heterocycles. The molecule has 5 heteroatoms. The summed E-state index contributed by atoms with van der Waals surface area (Å²) in [6, 6.07) is 7.01. The van der Waals surface area contributed by atoms with E-state index in [1.54, 1.807) is 6.92 Å². The quantitative estimate of drug-likeness (QED) is 0.802. The molecule has 0 saturated heterocycles. The van der Waals surface area contributed by atoms with Crippen molar-refractivity contribution in [3.8, 4) is 11.8 Å². The van der Waals surface area contributed by atoms with Crippen LogP contribution in [-0.2, 0) is 10.0 Å². The second kappa shape index (κ2) is 7.29. The molecule has 0 aliphatic rings. The van der Waals surface area contributed by atoms with E-state index in [0.29, 0.717) is 6.42 Å². The van der Waals surface area contributed by atoms with Crippen LogP contribution in [0.5, 0.6) is 0 Å². The van der Waals surface area contributed by atoms with Crippen molar-refractivity contribution in [1.82, 2.24) is 4.72 Å². The number of sulfonamides is 1. The van der Waals surface area contributed by atoms with E-state index in [2.05, 4.69) is 16.6 Å². The maximum atomic E-state index is 11.7. The Morgan fingerprint density at radius 1 is 1.42 bits per heavy atom. The van der Waals surface area contributed by atoms with Gasteiger partial charge in [-0.15, -0.1) is 0 Å². The molecule has 0 fully saturated rings. The molecular weight excluding hydrogens is 262 g/mol. The average molecular weight is 281 g/mol. The third kappa shape index (κ3) is 5.43. The van der Waals surface area contributed by atoms with Crippen LogP contribution in [0, 0.1) is 11.8 Å². The van der Waals surface area contributed by atoms with Crippen LogP contribution in [0.1, 0.15) is 37.4 Å². The maximum absolute atomic E-state index is 11.7. The Bertz CT molecular complexity index is 570. The van der Waals surface area contributed by atoms with Crippen LogP contribution >= 0.6 is 0 Å². The SMILES string of the molecule is CCCS(=O)(=O)NC(C)c1cccc(C#CCO)c1. The third-order valence-electron chi connectivity index (χ3n) is 2.53. The highest BCUT2D eigenvalue weighted by molar-refractivity contribution is 7.89. The van der Waals surface area contributed by atoms with Crippen LogP contribution in [-0.4, -0.2) is 25.9 Å². The lowest BCUT2D eigenvalue weighted by atomic mass is 10.1. The van der Waals surface area contributed by atoms with E-state index < -0.39 is 10.0 Å². The van der Waals surface area contributed by atoms with Gasteiger partial charge >= 0.3 is 0 Å². The van der Waals surface area contributed by atoms with Crippen molar-refractivity contribution >= 4 is 10.0 Å². The Morgan fingerprint density at radius 3 is 2.79 bits per heavy atom. The Balaban J connectivity index is 2.85. The van der Waals surface area contributed by atoms with Crippen LogP contribution in [0.2, 0.25) is 0 Å². The van der Waals surface area contributed by atoms with Crippen LogP contribution in [0.3, 0.4) is 0 Å². The smallest absolute Gasteiger partial charge is 0.212 e. The lowest BCUT2D eigenvalue weighted by molar-refractivity contribution is 0.350.